The van der Waals surface area contributed by atoms with Crippen molar-refractivity contribution in [2.24, 2.45) is 5.92 Å². The first-order valence-electron chi connectivity index (χ1n) is 7.21. The van der Waals surface area contributed by atoms with Crippen LogP contribution in [0.1, 0.15) is 26.2 Å². The van der Waals surface area contributed by atoms with Crippen molar-refractivity contribution in [2.75, 3.05) is 23.3 Å². The molecule has 1 heterocycles. The Morgan fingerprint density at radius 1 is 1.59 bits per heavy atom. The van der Waals surface area contributed by atoms with Crippen molar-refractivity contribution in [3.8, 4) is 6.07 Å². The average Bonchev–Trinajstić information content (AvgIpc) is 2.47. The second-order valence-corrected chi connectivity index (χ2v) is 5.54. The Hall–Kier alpha value is -2.62. The standard InChI is InChI=1S/C15H18N4O3/c1-11-3-2-8-18(10-11)13-5-4-12(9-14(13)19(21)22)17-15(20)6-7-16/h4-5,9,11H,2-3,6,8,10H2,1H3,(H,17,20)/t11-/m1/s1. The Balaban J connectivity index is 2.26. The number of nitriles is 1. The first-order chi connectivity index (χ1) is 10.5. The third kappa shape index (κ3) is 3.73. The molecule has 1 aliphatic rings. The van der Waals surface area contributed by atoms with Gasteiger partial charge in [0.15, 0.2) is 0 Å². The van der Waals surface area contributed by atoms with Crippen molar-refractivity contribution in [3.05, 3.63) is 28.3 Å². The van der Waals surface area contributed by atoms with Gasteiger partial charge in [-0.05, 0) is 30.9 Å². The lowest BCUT2D eigenvalue weighted by Crippen LogP contribution is -2.34. The van der Waals surface area contributed by atoms with E-state index in [1.165, 1.54) is 6.07 Å². The molecular weight excluding hydrogens is 284 g/mol. The average molecular weight is 302 g/mol. The van der Waals surface area contributed by atoms with Crippen LogP contribution >= 0.6 is 0 Å². The number of hydrogen-bond acceptors (Lipinski definition) is 5. The maximum atomic E-state index is 11.4. The van der Waals surface area contributed by atoms with Crippen LogP contribution < -0.4 is 10.2 Å². The summed E-state index contributed by atoms with van der Waals surface area (Å²) in [4.78, 5) is 24.3. The van der Waals surface area contributed by atoms with Crippen molar-refractivity contribution in [3.63, 3.8) is 0 Å². The molecule has 1 saturated heterocycles. The number of nitro groups is 1. The van der Waals surface area contributed by atoms with Crippen LogP contribution in [-0.2, 0) is 4.79 Å². The second-order valence-electron chi connectivity index (χ2n) is 5.54. The Morgan fingerprint density at radius 3 is 3.00 bits per heavy atom. The van der Waals surface area contributed by atoms with E-state index >= 15 is 0 Å². The second kappa shape index (κ2) is 6.89. The maximum Gasteiger partial charge on any atom is 0.294 e. The fourth-order valence-electron chi connectivity index (χ4n) is 2.70. The van der Waals surface area contributed by atoms with Crippen molar-refractivity contribution in [1.29, 1.82) is 5.26 Å². The topological polar surface area (TPSA) is 99.3 Å². The number of hydrogen-bond donors (Lipinski definition) is 1. The molecule has 0 saturated carbocycles. The fourth-order valence-corrected chi connectivity index (χ4v) is 2.70. The lowest BCUT2D eigenvalue weighted by atomic mass is 9.99. The minimum absolute atomic E-state index is 0.0242. The molecule has 0 unspecified atom stereocenters. The number of amides is 1. The minimum atomic E-state index is -0.476. The molecule has 1 aromatic rings. The van der Waals surface area contributed by atoms with E-state index < -0.39 is 10.8 Å². The van der Waals surface area contributed by atoms with Crippen LogP contribution in [0.2, 0.25) is 0 Å². The fraction of sp³-hybridized carbons (Fsp3) is 0.467. The molecule has 22 heavy (non-hydrogen) atoms. The van der Waals surface area contributed by atoms with Gasteiger partial charge in [0.25, 0.3) is 5.69 Å². The first kappa shape index (κ1) is 15.8. The summed E-state index contributed by atoms with van der Waals surface area (Å²) in [6, 6.07) is 6.39. The van der Waals surface area contributed by atoms with Gasteiger partial charge in [-0.2, -0.15) is 5.26 Å². The van der Waals surface area contributed by atoms with Crippen molar-refractivity contribution in [2.45, 2.75) is 26.2 Å². The highest BCUT2D eigenvalue weighted by Crippen LogP contribution is 2.33. The number of anilines is 2. The van der Waals surface area contributed by atoms with E-state index in [9.17, 15) is 14.9 Å². The van der Waals surface area contributed by atoms with Crippen LogP contribution in [0.5, 0.6) is 0 Å². The number of rotatable bonds is 4. The highest BCUT2D eigenvalue weighted by molar-refractivity contribution is 5.92. The maximum absolute atomic E-state index is 11.4. The van der Waals surface area contributed by atoms with E-state index in [0.29, 0.717) is 17.3 Å². The van der Waals surface area contributed by atoms with Crippen LogP contribution in [0.4, 0.5) is 17.1 Å². The largest absolute Gasteiger partial charge is 0.366 e. The lowest BCUT2D eigenvalue weighted by molar-refractivity contribution is -0.384. The number of nitrogens with zero attached hydrogens (tertiary/aromatic N) is 3. The van der Waals surface area contributed by atoms with E-state index in [1.807, 2.05) is 4.90 Å². The summed E-state index contributed by atoms with van der Waals surface area (Å²) < 4.78 is 0. The predicted molar refractivity (Wildman–Crippen MR) is 82.6 cm³/mol. The number of nitrogens with one attached hydrogen (secondary N) is 1. The van der Waals surface area contributed by atoms with E-state index in [-0.39, 0.29) is 12.1 Å². The van der Waals surface area contributed by atoms with Gasteiger partial charge in [0.1, 0.15) is 12.1 Å². The molecule has 0 aliphatic carbocycles. The highest BCUT2D eigenvalue weighted by atomic mass is 16.6. The molecule has 7 nitrogen and oxygen atoms in total. The van der Waals surface area contributed by atoms with Gasteiger partial charge in [-0.25, -0.2) is 0 Å². The molecule has 2 rings (SSSR count). The van der Waals surface area contributed by atoms with Crippen LogP contribution in [0.15, 0.2) is 18.2 Å². The number of benzene rings is 1. The number of nitro benzene ring substituents is 1. The molecule has 116 valence electrons. The minimum Gasteiger partial charge on any atom is -0.366 e. The van der Waals surface area contributed by atoms with Crippen LogP contribution in [0.3, 0.4) is 0 Å². The smallest absolute Gasteiger partial charge is 0.294 e. The number of piperidine rings is 1. The summed E-state index contributed by atoms with van der Waals surface area (Å²) in [5, 5.41) is 22.3. The molecule has 1 aliphatic heterocycles. The number of carbonyl (C=O) groups is 1. The third-order valence-corrected chi connectivity index (χ3v) is 3.69. The van der Waals surface area contributed by atoms with Crippen LogP contribution in [0.25, 0.3) is 0 Å². The van der Waals surface area contributed by atoms with Crippen molar-refractivity contribution >= 4 is 23.0 Å². The van der Waals surface area contributed by atoms with Crippen LogP contribution in [-0.4, -0.2) is 23.9 Å². The van der Waals surface area contributed by atoms with Crippen molar-refractivity contribution in [1.82, 2.24) is 0 Å². The Bertz CT molecular complexity index is 624. The summed E-state index contributed by atoms with van der Waals surface area (Å²) in [5.74, 6) is 0.0273. The van der Waals surface area contributed by atoms with Crippen LogP contribution in [0, 0.1) is 27.4 Å². The van der Waals surface area contributed by atoms with Gasteiger partial charge in [-0.15, -0.1) is 0 Å². The molecule has 0 aromatic heterocycles. The summed E-state index contributed by atoms with van der Waals surface area (Å²) in [6.07, 6.45) is 1.87. The predicted octanol–water partition coefficient (Wildman–Crippen LogP) is 2.68. The normalized spacial score (nSPS) is 17.6. The van der Waals surface area contributed by atoms with Gasteiger partial charge in [-0.3, -0.25) is 14.9 Å². The van der Waals surface area contributed by atoms with Gasteiger partial charge < -0.3 is 10.2 Å². The SMILES string of the molecule is C[C@@H]1CCCN(c2ccc(NC(=O)CC#N)cc2[N+](=O)[O-])C1. The summed E-state index contributed by atoms with van der Waals surface area (Å²) in [7, 11) is 0. The summed E-state index contributed by atoms with van der Waals surface area (Å²) in [6.45, 7) is 3.72. The van der Waals surface area contributed by atoms with E-state index in [1.54, 1.807) is 18.2 Å². The Labute approximate surface area is 128 Å². The molecule has 1 atom stereocenters. The van der Waals surface area contributed by atoms with Gasteiger partial charge in [0.2, 0.25) is 5.91 Å². The summed E-state index contributed by atoms with van der Waals surface area (Å²) in [5.41, 5.74) is 0.888. The Kier molecular flexibility index (Phi) is 4.94. The monoisotopic (exact) mass is 302 g/mol. The number of carbonyl (C=O) groups excluding carboxylic acids is 1. The molecule has 0 spiro atoms. The first-order valence-corrected chi connectivity index (χ1v) is 7.21. The van der Waals surface area contributed by atoms with Gasteiger partial charge in [0.05, 0.1) is 11.0 Å². The molecule has 1 N–H and O–H groups in total. The molecular formula is C15H18N4O3. The van der Waals surface area contributed by atoms with E-state index in [0.717, 1.165) is 25.9 Å². The van der Waals surface area contributed by atoms with Crippen molar-refractivity contribution < 1.29 is 9.72 Å². The van der Waals surface area contributed by atoms with E-state index in [4.69, 9.17) is 5.26 Å². The van der Waals surface area contributed by atoms with E-state index in [2.05, 4.69) is 12.2 Å². The molecule has 1 amide bonds. The van der Waals surface area contributed by atoms with Gasteiger partial charge >= 0.3 is 0 Å². The van der Waals surface area contributed by atoms with Gasteiger partial charge in [0, 0.05) is 24.8 Å². The Morgan fingerprint density at radius 2 is 2.36 bits per heavy atom. The zero-order chi connectivity index (χ0) is 16.1. The van der Waals surface area contributed by atoms with Gasteiger partial charge in [-0.1, -0.05) is 6.92 Å². The molecule has 7 heteroatoms. The zero-order valence-corrected chi connectivity index (χ0v) is 12.4. The lowest BCUT2D eigenvalue weighted by Gasteiger charge is -2.32. The molecule has 0 bridgehead atoms. The summed E-state index contributed by atoms with van der Waals surface area (Å²) >= 11 is 0. The highest BCUT2D eigenvalue weighted by Gasteiger charge is 2.24. The third-order valence-electron chi connectivity index (χ3n) is 3.69. The molecule has 1 aromatic carbocycles. The quantitative estimate of drug-likeness (QED) is 0.681. The molecule has 0 radical (unpaired) electrons. The zero-order valence-electron chi connectivity index (χ0n) is 12.4. The molecule has 1 fully saturated rings.